The van der Waals surface area contributed by atoms with Crippen LogP contribution in [0.5, 0.6) is 0 Å². The number of benzene rings is 2. The number of sulfone groups is 1. The van der Waals surface area contributed by atoms with E-state index in [-0.39, 0.29) is 12.4 Å². The number of furan rings is 1. The third kappa shape index (κ3) is 2.97. The lowest BCUT2D eigenvalue weighted by atomic mass is 10.0. The zero-order valence-electron chi connectivity index (χ0n) is 14.1. The molecule has 0 spiro atoms. The van der Waals surface area contributed by atoms with Crippen molar-refractivity contribution in [3.05, 3.63) is 58.8 Å². The lowest BCUT2D eigenvalue weighted by Crippen LogP contribution is -2.22. The van der Waals surface area contributed by atoms with Crippen molar-refractivity contribution in [2.75, 3.05) is 6.54 Å². The summed E-state index contributed by atoms with van der Waals surface area (Å²) >= 11 is 0. The highest BCUT2D eigenvalue weighted by Crippen LogP contribution is 2.34. The number of fused-ring (bicyclic) bond motifs is 3. The molecule has 1 N–H and O–H groups in total. The van der Waals surface area contributed by atoms with Crippen LogP contribution in [0, 0.1) is 13.8 Å². The molecule has 6 heteroatoms. The van der Waals surface area contributed by atoms with Crippen LogP contribution in [0.25, 0.3) is 11.0 Å². The summed E-state index contributed by atoms with van der Waals surface area (Å²) in [5.41, 5.74) is 3.67. The Morgan fingerprint density at radius 1 is 1.08 bits per heavy atom. The van der Waals surface area contributed by atoms with Gasteiger partial charge in [-0.15, -0.1) is 12.4 Å². The lowest BCUT2D eigenvalue weighted by molar-refractivity contribution is 0.499. The second kappa shape index (κ2) is 6.48. The minimum Gasteiger partial charge on any atom is -0.460 e. The molecule has 1 aromatic heterocycles. The van der Waals surface area contributed by atoms with Crippen LogP contribution in [-0.2, 0) is 22.8 Å². The summed E-state index contributed by atoms with van der Waals surface area (Å²) < 4.78 is 32.0. The largest absolute Gasteiger partial charge is 0.460 e. The van der Waals surface area contributed by atoms with Crippen molar-refractivity contribution in [1.82, 2.24) is 5.32 Å². The van der Waals surface area contributed by atoms with Gasteiger partial charge in [0.05, 0.1) is 9.79 Å². The molecule has 1 aliphatic rings. The fraction of sp³-hybridized carbons (Fsp3) is 0.263. The first kappa shape index (κ1) is 18.0. The van der Waals surface area contributed by atoms with Crippen molar-refractivity contribution in [2.45, 2.75) is 36.6 Å². The highest BCUT2D eigenvalue weighted by molar-refractivity contribution is 7.91. The molecular weight excluding hydrogens is 358 g/mol. The van der Waals surface area contributed by atoms with Gasteiger partial charge in [-0.3, -0.25) is 0 Å². The van der Waals surface area contributed by atoms with Crippen LogP contribution in [0.3, 0.4) is 0 Å². The van der Waals surface area contributed by atoms with E-state index in [1.807, 2.05) is 19.9 Å². The molecule has 0 saturated carbocycles. The predicted octanol–water partition coefficient (Wildman–Crippen LogP) is 3.95. The molecule has 2 aromatic carbocycles. The van der Waals surface area contributed by atoms with Gasteiger partial charge in [-0.2, -0.15) is 0 Å². The highest BCUT2D eigenvalue weighted by Gasteiger charge is 2.24. The van der Waals surface area contributed by atoms with Crippen LogP contribution in [0.2, 0.25) is 0 Å². The van der Waals surface area contributed by atoms with Crippen molar-refractivity contribution in [3.63, 3.8) is 0 Å². The number of nitrogens with one attached hydrogen (secondary N) is 1. The lowest BCUT2D eigenvalue weighted by Gasteiger charge is -2.11. The predicted molar refractivity (Wildman–Crippen MR) is 100 cm³/mol. The Hall–Kier alpha value is -1.82. The number of hydrogen-bond acceptors (Lipinski definition) is 4. The van der Waals surface area contributed by atoms with Crippen LogP contribution >= 0.6 is 12.4 Å². The first-order chi connectivity index (χ1) is 11.5. The Morgan fingerprint density at radius 3 is 2.64 bits per heavy atom. The standard InChI is InChI=1S/C19H19NO3S.ClH/c1-12-4-3-5-14(8-12)24(21,22)15-9-13(2)19-16(10-15)17-11-20-7-6-18(17)23-19;/h3-5,8-10,20H,6-7,11H2,1-2H3;1H. The molecule has 0 bridgehead atoms. The van der Waals surface area contributed by atoms with Gasteiger partial charge in [-0.25, -0.2) is 8.42 Å². The molecule has 0 unspecified atom stereocenters. The van der Waals surface area contributed by atoms with E-state index in [0.717, 1.165) is 52.9 Å². The molecule has 2 heterocycles. The van der Waals surface area contributed by atoms with Gasteiger partial charge in [-0.05, 0) is 49.2 Å². The van der Waals surface area contributed by atoms with Crippen LogP contribution < -0.4 is 5.32 Å². The number of hydrogen-bond donors (Lipinski definition) is 1. The fourth-order valence-corrected chi connectivity index (χ4v) is 4.80. The Bertz CT molecular complexity index is 1050. The minimum atomic E-state index is -3.54. The maximum Gasteiger partial charge on any atom is 0.206 e. The minimum absolute atomic E-state index is 0. The van der Waals surface area contributed by atoms with E-state index >= 15 is 0 Å². The summed E-state index contributed by atoms with van der Waals surface area (Å²) in [6.45, 7) is 5.40. The Morgan fingerprint density at radius 2 is 1.88 bits per heavy atom. The van der Waals surface area contributed by atoms with Crippen molar-refractivity contribution in [3.8, 4) is 0 Å². The summed E-state index contributed by atoms with van der Waals surface area (Å²) in [5.74, 6) is 0.969. The Balaban J connectivity index is 0.00000182. The second-order valence-electron chi connectivity index (χ2n) is 6.37. The smallest absolute Gasteiger partial charge is 0.206 e. The highest BCUT2D eigenvalue weighted by atomic mass is 35.5. The first-order valence-electron chi connectivity index (χ1n) is 8.04. The SMILES string of the molecule is Cc1cccc(S(=O)(=O)c2cc(C)c3oc4c(c3c2)CNCC4)c1.Cl. The molecule has 0 amide bonds. The maximum absolute atomic E-state index is 13.0. The summed E-state index contributed by atoms with van der Waals surface area (Å²) in [5, 5.41) is 4.23. The van der Waals surface area contributed by atoms with Gasteiger partial charge >= 0.3 is 0 Å². The first-order valence-corrected chi connectivity index (χ1v) is 9.52. The zero-order valence-corrected chi connectivity index (χ0v) is 15.8. The molecule has 0 aliphatic carbocycles. The van der Waals surface area contributed by atoms with Gasteiger partial charge in [0.15, 0.2) is 0 Å². The summed E-state index contributed by atoms with van der Waals surface area (Å²) in [4.78, 5) is 0.656. The second-order valence-corrected chi connectivity index (χ2v) is 8.32. The zero-order chi connectivity index (χ0) is 16.9. The van der Waals surface area contributed by atoms with Crippen LogP contribution in [0.1, 0.15) is 22.5 Å². The van der Waals surface area contributed by atoms with E-state index in [1.54, 1.807) is 30.3 Å². The monoisotopic (exact) mass is 377 g/mol. The van der Waals surface area contributed by atoms with Crippen molar-refractivity contribution >= 4 is 33.2 Å². The molecule has 0 radical (unpaired) electrons. The van der Waals surface area contributed by atoms with Gasteiger partial charge in [0.2, 0.25) is 9.84 Å². The Kier molecular flexibility index (Phi) is 4.66. The van der Waals surface area contributed by atoms with Gasteiger partial charge in [-0.1, -0.05) is 12.1 Å². The third-order valence-electron chi connectivity index (χ3n) is 4.58. The van der Waals surface area contributed by atoms with E-state index in [4.69, 9.17) is 4.42 Å². The molecule has 0 saturated heterocycles. The quantitative estimate of drug-likeness (QED) is 0.734. The van der Waals surface area contributed by atoms with Gasteiger partial charge in [0.25, 0.3) is 0 Å². The molecule has 0 atom stereocenters. The fourth-order valence-electron chi connectivity index (χ4n) is 3.32. The van der Waals surface area contributed by atoms with Crippen molar-refractivity contribution in [1.29, 1.82) is 0 Å². The van der Waals surface area contributed by atoms with E-state index in [9.17, 15) is 8.42 Å². The van der Waals surface area contributed by atoms with Gasteiger partial charge in [0.1, 0.15) is 11.3 Å². The third-order valence-corrected chi connectivity index (χ3v) is 6.31. The van der Waals surface area contributed by atoms with Gasteiger partial charge in [0, 0.05) is 30.5 Å². The summed E-state index contributed by atoms with van der Waals surface area (Å²) in [6, 6.07) is 10.5. The number of rotatable bonds is 2. The molecule has 25 heavy (non-hydrogen) atoms. The normalized spacial score (nSPS) is 14.2. The van der Waals surface area contributed by atoms with Crippen LogP contribution in [0.4, 0.5) is 0 Å². The molecule has 0 fully saturated rings. The van der Waals surface area contributed by atoms with E-state index in [0.29, 0.717) is 9.79 Å². The average Bonchev–Trinajstić information content (AvgIpc) is 2.94. The summed E-state index contributed by atoms with van der Waals surface area (Å²) in [6.07, 6.45) is 0.837. The molecular formula is C19H20ClNO3S. The molecule has 4 nitrogen and oxygen atoms in total. The van der Waals surface area contributed by atoms with Crippen molar-refractivity contribution in [2.24, 2.45) is 0 Å². The van der Waals surface area contributed by atoms with E-state index < -0.39 is 9.84 Å². The van der Waals surface area contributed by atoms with E-state index in [1.165, 1.54) is 0 Å². The molecule has 4 rings (SSSR count). The maximum atomic E-state index is 13.0. The van der Waals surface area contributed by atoms with Gasteiger partial charge < -0.3 is 9.73 Å². The Labute approximate surface area is 153 Å². The summed E-state index contributed by atoms with van der Waals surface area (Å²) in [7, 11) is -3.54. The van der Waals surface area contributed by atoms with Crippen molar-refractivity contribution < 1.29 is 12.8 Å². The van der Waals surface area contributed by atoms with Crippen LogP contribution in [-0.4, -0.2) is 15.0 Å². The van der Waals surface area contributed by atoms with Crippen LogP contribution in [0.15, 0.2) is 50.6 Å². The van der Waals surface area contributed by atoms with E-state index in [2.05, 4.69) is 5.32 Å². The number of aryl methyl sites for hydroxylation is 2. The number of halogens is 1. The average molecular weight is 378 g/mol. The topological polar surface area (TPSA) is 59.3 Å². The molecule has 1 aliphatic heterocycles. The molecule has 132 valence electrons. The molecule has 3 aromatic rings.